The van der Waals surface area contributed by atoms with Crippen molar-refractivity contribution in [3.8, 4) is 0 Å². The zero-order chi connectivity index (χ0) is 12.4. The van der Waals surface area contributed by atoms with Gasteiger partial charge in [-0.2, -0.15) is 4.98 Å². The number of benzene rings is 1. The van der Waals surface area contributed by atoms with Crippen molar-refractivity contribution < 1.29 is 8.91 Å². The van der Waals surface area contributed by atoms with Crippen LogP contribution in [0.2, 0.25) is 0 Å². The first-order chi connectivity index (χ1) is 8.81. The van der Waals surface area contributed by atoms with E-state index in [0.29, 0.717) is 24.3 Å². The monoisotopic (exact) mass is 247 g/mol. The van der Waals surface area contributed by atoms with Crippen LogP contribution < -0.4 is 5.32 Å². The lowest BCUT2D eigenvalue weighted by Gasteiger charge is -2.36. The number of rotatable bonds is 4. The van der Waals surface area contributed by atoms with Crippen LogP contribution in [0, 0.1) is 5.82 Å². The molecule has 1 aliphatic rings. The third-order valence-corrected chi connectivity index (χ3v) is 3.41. The van der Waals surface area contributed by atoms with E-state index in [1.807, 2.05) is 6.07 Å². The molecular formula is C13H14FN3O. The highest BCUT2D eigenvalue weighted by atomic mass is 19.1. The first-order valence-electron chi connectivity index (χ1n) is 6.05. The lowest BCUT2D eigenvalue weighted by atomic mass is 9.76. The van der Waals surface area contributed by atoms with Crippen LogP contribution in [-0.2, 0) is 6.54 Å². The number of halogens is 1. The van der Waals surface area contributed by atoms with Gasteiger partial charge in [-0.15, -0.1) is 0 Å². The van der Waals surface area contributed by atoms with Crippen molar-refractivity contribution in [3.63, 3.8) is 0 Å². The molecule has 0 aliphatic heterocycles. The molecule has 0 radical (unpaired) electrons. The number of hydrogen-bond acceptors (Lipinski definition) is 4. The molecule has 0 unspecified atom stereocenters. The summed E-state index contributed by atoms with van der Waals surface area (Å²) in [7, 11) is 0. The van der Waals surface area contributed by atoms with Gasteiger partial charge in [0.15, 0.2) is 5.82 Å². The van der Waals surface area contributed by atoms with Gasteiger partial charge in [0.05, 0.1) is 6.54 Å². The Labute approximate surface area is 104 Å². The van der Waals surface area contributed by atoms with Crippen LogP contribution in [0.4, 0.5) is 4.39 Å². The van der Waals surface area contributed by atoms with Gasteiger partial charge in [-0.05, 0) is 36.5 Å². The van der Waals surface area contributed by atoms with E-state index in [0.717, 1.165) is 18.4 Å². The summed E-state index contributed by atoms with van der Waals surface area (Å²) in [5.74, 6) is 0.975. The zero-order valence-electron chi connectivity index (χ0n) is 9.84. The maximum absolute atomic E-state index is 13.1. The van der Waals surface area contributed by atoms with Gasteiger partial charge in [-0.25, -0.2) is 4.39 Å². The van der Waals surface area contributed by atoms with Crippen LogP contribution in [0.15, 0.2) is 35.2 Å². The molecule has 0 saturated heterocycles. The second kappa shape index (κ2) is 4.86. The molecule has 0 amide bonds. The van der Waals surface area contributed by atoms with Gasteiger partial charge < -0.3 is 9.84 Å². The summed E-state index contributed by atoms with van der Waals surface area (Å²) in [6, 6.07) is 7.32. The standard InChI is InChI=1S/C13H14FN3O/c14-11-3-1-2-9(4-11)10-5-12(6-10)15-7-13-16-8-18-17-13/h1-4,8,10,12,15H,5-7H2. The largest absolute Gasteiger partial charge is 0.343 e. The van der Waals surface area contributed by atoms with Crippen LogP contribution in [-0.4, -0.2) is 16.2 Å². The minimum absolute atomic E-state index is 0.157. The minimum Gasteiger partial charge on any atom is -0.343 e. The average molecular weight is 247 g/mol. The second-order valence-corrected chi connectivity index (χ2v) is 4.65. The van der Waals surface area contributed by atoms with Crippen molar-refractivity contribution in [2.45, 2.75) is 31.3 Å². The van der Waals surface area contributed by atoms with Gasteiger partial charge in [0.25, 0.3) is 0 Å². The van der Waals surface area contributed by atoms with Gasteiger partial charge in [-0.1, -0.05) is 17.3 Å². The molecule has 4 nitrogen and oxygen atoms in total. The van der Waals surface area contributed by atoms with Gasteiger partial charge in [0.2, 0.25) is 6.39 Å². The normalized spacial score (nSPS) is 22.7. The van der Waals surface area contributed by atoms with E-state index in [4.69, 9.17) is 0 Å². The maximum Gasteiger partial charge on any atom is 0.213 e. The molecule has 1 heterocycles. The van der Waals surface area contributed by atoms with Gasteiger partial charge >= 0.3 is 0 Å². The van der Waals surface area contributed by atoms with Crippen molar-refractivity contribution in [1.82, 2.24) is 15.5 Å². The van der Waals surface area contributed by atoms with Crippen molar-refractivity contribution in [2.24, 2.45) is 0 Å². The first-order valence-corrected chi connectivity index (χ1v) is 6.05. The Hall–Kier alpha value is -1.75. The highest BCUT2D eigenvalue weighted by Crippen LogP contribution is 2.37. The van der Waals surface area contributed by atoms with Crippen molar-refractivity contribution >= 4 is 0 Å². The maximum atomic E-state index is 13.1. The molecule has 0 atom stereocenters. The Morgan fingerprint density at radius 2 is 2.28 bits per heavy atom. The molecule has 1 aromatic heterocycles. The summed E-state index contributed by atoms with van der Waals surface area (Å²) in [5.41, 5.74) is 1.09. The third kappa shape index (κ3) is 2.41. The fourth-order valence-electron chi connectivity index (χ4n) is 2.32. The number of nitrogens with one attached hydrogen (secondary N) is 1. The fraction of sp³-hybridized carbons (Fsp3) is 0.385. The summed E-state index contributed by atoms with van der Waals surface area (Å²) in [5, 5.41) is 7.09. The summed E-state index contributed by atoms with van der Waals surface area (Å²) in [6.45, 7) is 0.622. The predicted molar refractivity (Wildman–Crippen MR) is 63.3 cm³/mol. The quantitative estimate of drug-likeness (QED) is 0.900. The molecule has 0 bridgehead atoms. The predicted octanol–water partition coefficient (Wildman–Crippen LogP) is 2.24. The van der Waals surface area contributed by atoms with E-state index in [1.165, 1.54) is 12.5 Å². The topological polar surface area (TPSA) is 51.0 Å². The summed E-state index contributed by atoms with van der Waals surface area (Å²) < 4.78 is 17.7. The van der Waals surface area contributed by atoms with E-state index < -0.39 is 0 Å². The molecule has 1 aliphatic carbocycles. The van der Waals surface area contributed by atoms with Crippen molar-refractivity contribution in [2.75, 3.05) is 0 Å². The molecule has 1 saturated carbocycles. The van der Waals surface area contributed by atoms with E-state index in [-0.39, 0.29) is 5.82 Å². The van der Waals surface area contributed by atoms with Crippen LogP contribution >= 0.6 is 0 Å². The van der Waals surface area contributed by atoms with E-state index in [9.17, 15) is 4.39 Å². The van der Waals surface area contributed by atoms with Crippen LogP contribution in [0.5, 0.6) is 0 Å². The Kier molecular flexibility index (Phi) is 3.06. The van der Waals surface area contributed by atoms with E-state index >= 15 is 0 Å². The number of nitrogens with zero attached hydrogens (tertiary/aromatic N) is 2. The molecule has 1 fully saturated rings. The summed E-state index contributed by atoms with van der Waals surface area (Å²) in [6.07, 6.45) is 3.38. The average Bonchev–Trinajstić information content (AvgIpc) is 2.80. The lowest BCUT2D eigenvalue weighted by Crippen LogP contribution is -2.39. The molecule has 2 aromatic rings. The SMILES string of the molecule is Fc1cccc(C2CC(NCc3ncon3)C2)c1. The van der Waals surface area contributed by atoms with E-state index in [1.54, 1.807) is 12.1 Å². The van der Waals surface area contributed by atoms with Gasteiger partial charge in [0, 0.05) is 6.04 Å². The number of aromatic nitrogens is 2. The van der Waals surface area contributed by atoms with Gasteiger partial charge in [-0.3, -0.25) is 0 Å². The Balaban J connectivity index is 1.48. The van der Waals surface area contributed by atoms with Crippen molar-refractivity contribution in [3.05, 3.63) is 47.9 Å². The smallest absolute Gasteiger partial charge is 0.213 e. The molecule has 5 heteroatoms. The number of hydrogen-bond donors (Lipinski definition) is 1. The minimum atomic E-state index is -0.157. The van der Waals surface area contributed by atoms with Gasteiger partial charge in [0.1, 0.15) is 5.82 Å². The molecular weight excluding hydrogens is 233 g/mol. The molecule has 3 rings (SSSR count). The summed E-state index contributed by atoms with van der Waals surface area (Å²) in [4.78, 5) is 3.95. The zero-order valence-corrected chi connectivity index (χ0v) is 9.84. The van der Waals surface area contributed by atoms with Crippen LogP contribution in [0.1, 0.15) is 30.1 Å². The molecule has 1 aromatic carbocycles. The first kappa shape index (κ1) is 11.3. The molecule has 94 valence electrons. The highest BCUT2D eigenvalue weighted by molar-refractivity contribution is 5.23. The second-order valence-electron chi connectivity index (χ2n) is 4.65. The molecule has 1 N–H and O–H groups in total. The van der Waals surface area contributed by atoms with Crippen LogP contribution in [0.3, 0.4) is 0 Å². The highest BCUT2D eigenvalue weighted by Gasteiger charge is 2.30. The lowest BCUT2D eigenvalue weighted by molar-refractivity contribution is 0.285. The third-order valence-electron chi connectivity index (χ3n) is 3.41. The van der Waals surface area contributed by atoms with Crippen LogP contribution in [0.25, 0.3) is 0 Å². The Morgan fingerprint density at radius 1 is 1.39 bits per heavy atom. The Bertz CT molecular complexity index is 509. The molecule has 18 heavy (non-hydrogen) atoms. The molecule has 0 spiro atoms. The fourth-order valence-corrected chi connectivity index (χ4v) is 2.32. The Morgan fingerprint density at radius 3 is 3.00 bits per heavy atom. The van der Waals surface area contributed by atoms with Crippen molar-refractivity contribution in [1.29, 1.82) is 0 Å². The van der Waals surface area contributed by atoms with E-state index in [2.05, 4.69) is 20.0 Å². The summed E-state index contributed by atoms with van der Waals surface area (Å²) >= 11 is 0.